The number of ether oxygens (including phenoxy) is 3. The van der Waals surface area contributed by atoms with Crippen molar-refractivity contribution in [3.8, 4) is 0 Å². The Morgan fingerprint density at radius 1 is 1.32 bits per heavy atom. The van der Waals surface area contributed by atoms with Crippen LogP contribution < -0.4 is 11.2 Å². The van der Waals surface area contributed by atoms with Crippen LogP contribution in [-0.4, -0.2) is 52.4 Å². The molecule has 1 aliphatic heterocycles. The maximum Gasteiger partial charge on any atom is 0.332 e. The number of rotatable bonds is 6. The summed E-state index contributed by atoms with van der Waals surface area (Å²) in [5.41, 5.74) is -0.968. The fraction of sp³-hybridized carbons (Fsp3) is 0.714. The molecule has 8 nitrogen and oxygen atoms in total. The topological polar surface area (TPSA) is 91.9 Å². The summed E-state index contributed by atoms with van der Waals surface area (Å²) in [6.07, 6.45) is -1.69. The predicted molar refractivity (Wildman–Crippen MR) is 77.8 cm³/mol. The predicted octanol–water partition coefficient (Wildman–Crippen LogP) is -0.753. The van der Waals surface area contributed by atoms with Crippen molar-refractivity contribution in [3.63, 3.8) is 0 Å². The van der Waals surface area contributed by atoms with Gasteiger partial charge in [-0.1, -0.05) is 0 Å². The van der Waals surface area contributed by atoms with Crippen LogP contribution in [0.3, 0.4) is 0 Å². The van der Waals surface area contributed by atoms with E-state index in [-0.39, 0.29) is 6.61 Å². The molecular formula is C14H22N2O6. The van der Waals surface area contributed by atoms with Crippen molar-refractivity contribution in [3.05, 3.63) is 33.1 Å². The molecule has 0 radical (unpaired) electrons. The highest BCUT2D eigenvalue weighted by molar-refractivity contribution is 4.94. The Morgan fingerprint density at radius 3 is 2.68 bits per heavy atom. The van der Waals surface area contributed by atoms with Gasteiger partial charge in [0.25, 0.3) is 5.56 Å². The SMILES string of the molecule is CCOC[C@H]1O[C@@H](n2ccc(=O)n(C)c2=O)C(O)[C@H]1OCC. The van der Waals surface area contributed by atoms with Crippen molar-refractivity contribution in [1.82, 2.24) is 9.13 Å². The lowest BCUT2D eigenvalue weighted by atomic mass is 10.1. The number of aliphatic hydroxyl groups is 1. The summed E-state index contributed by atoms with van der Waals surface area (Å²) in [5.74, 6) is 0. The number of nitrogens with zero attached hydrogens (tertiary/aromatic N) is 2. The van der Waals surface area contributed by atoms with Crippen LogP contribution in [0.15, 0.2) is 21.9 Å². The van der Waals surface area contributed by atoms with Gasteiger partial charge in [-0.15, -0.1) is 0 Å². The standard InChI is InChI=1S/C14H22N2O6/c1-4-20-8-9-12(21-5-2)11(18)13(22-9)16-7-6-10(17)15(3)14(16)19/h6-7,9,11-13,18H,4-5,8H2,1-3H3/t9-,11?,12+,13-/m1/s1. The molecule has 1 aliphatic rings. The first-order valence-electron chi connectivity index (χ1n) is 7.32. The fourth-order valence-electron chi connectivity index (χ4n) is 2.50. The molecule has 1 aromatic rings. The van der Waals surface area contributed by atoms with E-state index in [2.05, 4.69) is 0 Å². The molecule has 4 atom stereocenters. The molecule has 2 rings (SSSR count). The first kappa shape index (κ1) is 16.9. The second kappa shape index (κ2) is 7.19. The third-order valence-corrected chi connectivity index (χ3v) is 3.65. The minimum Gasteiger partial charge on any atom is -0.386 e. The first-order chi connectivity index (χ1) is 10.5. The van der Waals surface area contributed by atoms with Gasteiger partial charge in [0, 0.05) is 32.5 Å². The molecule has 1 saturated heterocycles. The van der Waals surface area contributed by atoms with Crippen molar-refractivity contribution in [1.29, 1.82) is 0 Å². The molecule has 1 aromatic heterocycles. The molecule has 1 N–H and O–H groups in total. The summed E-state index contributed by atoms with van der Waals surface area (Å²) in [7, 11) is 1.38. The monoisotopic (exact) mass is 314 g/mol. The summed E-state index contributed by atoms with van der Waals surface area (Å²) in [6, 6.07) is 1.25. The highest BCUT2D eigenvalue weighted by Gasteiger charge is 2.45. The van der Waals surface area contributed by atoms with Crippen LogP contribution in [0.4, 0.5) is 0 Å². The summed E-state index contributed by atoms with van der Waals surface area (Å²) < 4.78 is 18.8. The largest absolute Gasteiger partial charge is 0.386 e. The Balaban J connectivity index is 2.30. The number of hydrogen-bond donors (Lipinski definition) is 1. The van der Waals surface area contributed by atoms with Gasteiger partial charge in [0.2, 0.25) is 0 Å². The molecule has 0 amide bonds. The van der Waals surface area contributed by atoms with Crippen LogP contribution in [-0.2, 0) is 21.3 Å². The first-order valence-corrected chi connectivity index (χ1v) is 7.32. The van der Waals surface area contributed by atoms with Crippen LogP contribution in [0.2, 0.25) is 0 Å². The third-order valence-electron chi connectivity index (χ3n) is 3.65. The molecule has 22 heavy (non-hydrogen) atoms. The zero-order chi connectivity index (χ0) is 16.3. The van der Waals surface area contributed by atoms with E-state index in [0.29, 0.717) is 13.2 Å². The average molecular weight is 314 g/mol. The Hall–Kier alpha value is -1.48. The lowest BCUT2D eigenvalue weighted by Crippen LogP contribution is -2.42. The van der Waals surface area contributed by atoms with Crippen molar-refractivity contribution in [2.75, 3.05) is 19.8 Å². The van der Waals surface area contributed by atoms with E-state index in [1.165, 1.54) is 23.9 Å². The van der Waals surface area contributed by atoms with Crippen LogP contribution in [0, 0.1) is 0 Å². The van der Waals surface area contributed by atoms with E-state index < -0.39 is 35.8 Å². The molecule has 2 heterocycles. The molecule has 0 bridgehead atoms. The molecule has 0 aliphatic carbocycles. The van der Waals surface area contributed by atoms with Crippen LogP contribution in [0.1, 0.15) is 20.1 Å². The van der Waals surface area contributed by atoms with Crippen molar-refractivity contribution >= 4 is 0 Å². The molecule has 1 fully saturated rings. The smallest absolute Gasteiger partial charge is 0.332 e. The zero-order valence-corrected chi connectivity index (χ0v) is 13.0. The normalized spacial score (nSPS) is 28.2. The molecular weight excluding hydrogens is 292 g/mol. The van der Waals surface area contributed by atoms with Gasteiger partial charge in [-0.25, -0.2) is 4.79 Å². The summed E-state index contributed by atoms with van der Waals surface area (Å²) in [4.78, 5) is 23.6. The highest BCUT2D eigenvalue weighted by atomic mass is 16.6. The summed E-state index contributed by atoms with van der Waals surface area (Å²) in [5, 5.41) is 10.4. The van der Waals surface area contributed by atoms with Gasteiger partial charge in [0.1, 0.15) is 18.3 Å². The van der Waals surface area contributed by atoms with Gasteiger partial charge in [0.15, 0.2) is 6.23 Å². The van der Waals surface area contributed by atoms with Gasteiger partial charge >= 0.3 is 5.69 Å². The van der Waals surface area contributed by atoms with E-state index in [0.717, 1.165) is 4.57 Å². The quantitative estimate of drug-likeness (QED) is 0.742. The van der Waals surface area contributed by atoms with E-state index in [9.17, 15) is 14.7 Å². The third kappa shape index (κ3) is 3.14. The fourth-order valence-corrected chi connectivity index (χ4v) is 2.50. The van der Waals surface area contributed by atoms with Crippen molar-refractivity contribution in [2.24, 2.45) is 7.05 Å². The van der Waals surface area contributed by atoms with Crippen LogP contribution >= 0.6 is 0 Å². The van der Waals surface area contributed by atoms with E-state index in [1.54, 1.807) is 0 Å². The maximum absolute atomic E-state index is 12.2. The van der Waals surface area contributed by atoms with Crippen molar-refractivity contribution in [2.45, 2.75) is 38.4 Å². The second-order valence-corrected chi connectivity index (χ2v) is 5.04. The van der Waals surface area contributed by atoms with Crippen LogP contribution in [0.25, 0.3) is 0 Å². The Labute approximate surface area is 127 Å². The highest BCUT2D eigenvalue weighted by Crippen LogP contribution is 2.30. The average Bonchev–Trinajstić information content (AvgIpc) is 2.80. The Bertz CT molecular complexity index is 610. The Kier molecular flexibility index (Phi) is 5.52. The summed E-state index contributed by atoms with van der Waals surface area (Å²) in [6.45, 7) is 4.85. The van der Waals surface area contributed by atoms with Gasteiger partial charge in [-0.05, 0) is 13.8 Å². The molecule has 0 spiro atoms. The number of hydrogen-bond acceptors (Lipinski definition) is 6. The lowest BCUT2D eigenvalue weighted by Gasteiger charge is -2.20. The van der Waals surface area contributed by atoms with Crippen molar-refractivity contribution < 1.29 is 19.3 Å². The number of aliphatic hydroxyl groups excluding tert-OH is 1. The molecule has 124 valence electrons. The second-order valence-electron chi connectivity index (χ2n) is 5.04. The maximum atomic E-state index is 12.2. The van der Waals surface area contributed by atoms with Gasteiger partial charge < -0.3 is 19.3 Å². The molecule has 0 aromatic carbocycles. The molecule has 1 unspecified atom stereocenters. The van der Waals surface area contributed by atoms with Gasteiger partial charge in [-0.2, -0.15) is 0 Å². The van der Waals surface area contributed by atoms with E-state index in [4.69, 9.17) is 14.2 Å². The zero-order valence-electron chi connectivity index (χ0n) is 13.0. The molecule has 0 saturated carbocycles. The number of aromatic nitrogens is 2. The molecule has 8 heteroatoms. The van der Waals surface area contributed by atoms with Gasteiger partial charge in [0.05, 0.1) is 6.61 Å². The summed E-state index contributed by atoms with van der Waals surface area (Å²) >= 11 is 0. The van der Waals surface area contributed by atoms with Gasteiger partial charge in [-0.3, -0.25) is 13.9 Å². The lowest BCUT2D eigenvalue weighted by molar-refractivity contribution is -0.0745. The van der Waals surface area contributed by atoms with E-state index >= 15 is 0 Å². The van der Waals surface area contributed by atoms with Crippen LogP contribution in [0.5, 0.6) is 0 Å². The minimum atomic E-state index is -1.03. The van der Waals surface area contributed by atoms with E-state index in [1.807, 2.05) is 13.8 Å². The minimum absolute atomic E-state index is 0.259. The Morgan fingerprint density at radius 2 is 2.05 bits per heavy atom.